The SMILES string of the molecule is C=CCn1cc[n+](C[C@@H](O)CC)c1. The molecule has 1 atom stereocenters. The summed E-state index contributed by atoms with van der Waals surface area (Å²) in [4.78, 5) is 0. The number of hydrogen-bond acceptors (Lipinski definition) is 1. The number of rotatable bonds is 5. The van der Waals surface area contributed by atoms with E-state index in [0.29, 0.717) is 6.54 Å². The molecule has 0 fully saturated rings. The van der Waals surface area contributed by atoms with Crippen LogP contribution < -0.4 is 4.57 Å². The van der Waals surface area contributed by atoms with Crippen LogP contribution in [0.25, 0.3) is 0 Å². The van der Waals surface area contributed by atoms with Crippen LogP contribution in [0.2, 0.25) is 0 Å². The third-order valence-electron chi connectivity index (χ3n) is 1.98. The Morgan fingerprint density at radius 3 is 3.08 bits per heavy atom. The van der Waals surface area contributed by atoms with Crippen LogP contribution >= 0.6 is 0 Å². The quantitative estimate of drug-likeness (QED) is 0.526. The van der Waals surface area contributed by atoms with Crippen LogP contribution in [0.5, 0.6) is 0 Å². The van der Waals surface area contributed by atoms with Crippen molar-refractivity contribution >= 4 is 0 Å². The summed E-state index contributed by atoms with van der Waals surface area (Å²) in [5.74, 6) is 0. The maximum Gasteiger partial charge on any atom is 0.244 e. The fourth-order valence-corrected chi connectivity index (χ4v) is 1.18. The van der Waals surface area contributed by atoms with Gasteiger partial charge in [-0.05, 0) is 6.42 Å². The molecule has 0 aromatic carbocycles. The van der Waals surface area contributed by atoms with Gasteiger partial charge in [0.2, 0.25) is 6.33 Å². The molecule has 0 bridgehead atoms. The Balaban J connectivity index is 2.53. The summed E-state index contributed by atoms with van der Waals surface area (Å²) in [5.41, 5.74) is 0. The van der Waals surface area contributed by atoms with Crippen molar-refractivity contribution in [3.8, 4) is 0 Å². The van der Waals surface area contributed by atoms with Crippen LogP contribution in [0.1, 0.15) is 13.3 Å². The van der Waals surface area contributed by atoms with Gasteiger partial charge < -0.3 is 5.11 Å². The maximum atomic E-state index is 9.40. The Kier molecular flexibility index (Phi) is 3.71. The largest absolute Gasteiger partial charge is 0.389 e. The summed E-state index contributed by atoms with van der Waals surface area (Å²) < 4.78 is 4.01. The Morgan fingerprint density at radius 2 is 2.46 bits per heavy atom. The van der Waals surface area contributed by atoms with Crippen molar-refractivity contribution in [3.63, 3.8) is 0 Å². The van der Waals surface area contributed by atoms with Crippen LogP contribution in [-0.2, 0) is 13.1 Å². The van der Waals surface area contributed by atoms with Crippen LogP contribution in [-0.4, -0.2) is 15.8 Å². The normalized spacial score (nSPS) is 12.8. The first-order chi connectivity index (χ1) is 6.26. The van der Waals surface area contributed by atoms with Crippen LogP contribution in [0.3, 0.4) is 0 Å². The molecule has 1 aromatic heterocycles. The lowest BCUT2D eigenvalue weighted by Crippen LogP contribution is -2.37. The molecule has 0 saturated heterocycles. The predicted octanol–water partition coefficient (Wildman–Crippen LogP) is 0.732. The van der Waals surface area contributed by atoms with E-state index in [1.807, 2.05) is 40.9 Å². The van der Waals surface area contributed by atoms with Gasteiger partial charge in [0.1, 0.15) is 25.5 Å². The first kappa shape index (κ1) is 9.99. The summed E-state index contributed by atoms with van der Waals surface area (Å²) >= 11 is 0. The molecule has 0 radical (unpaired) electrons. The molecule has 1 heterocycles. The topological polar surface area (TPSA) is 29.0 Å². The third-order valence-corrected chi connectivity index (χ3v) is 1.98. The van der Waals surface area contributed by atoms with E-state index < -0.39 is 0 Å². The van der Waals surface area contributed by atoms with Crippen molar-refractivity contribution in [1.82, 2.24) is 4.57 Å². The molecule has 3 nitrogen and oxygen atoms in total. The fraction of sp³-hybridized carbons (Fsp3) is 0.500. The number of imidazole rings is 1. The highest BCUT2D eigenvalue weighted by atomic mass is 16.3. The summed E-state index contributed by atoms with van der Waals surface area (Å²) in [6.07, 6.45) is 8.30. The van der Waals surface area contributed by atoms with Gasteiger partial charge in [-0.15, -0.1) is 0 Å². The Bertz CT molecular complexity index is 268. The van der Waals surface area contributed by atoms with E-state index in [2.05, 4.69) is 6.58 Å². The summed E-state index contributed by atoms with van der Waals surface area (Å²) in [6.45, 7) is 7.12. The van der Waals surface area contributed by atoms with Gasteiger partial charge in [0, 0.05) is 0 Å². The monoisotopic (exact) mass is 181 g/mol. The summed E-state index contributed by atoms with van der Waals surface area (Å²) in [7, 11) is 0. The molecule has 0 unspecified atom stereocenters. The molecule has 1 aromatic rings. The minimum absolute atomic E-state index is 0.246. The van der Waals surface area contributed by atoms with E-state index in [1.54, 1.807) is 0 Å². The first-order valence-electron chi connectivity index (χ1n) is 4.60. The molecule has 0 amide bonds. The molecule has 72 valence electrons. The van der Waals surface area contributed by atoms with Crippen LogP contribution in [0, 0.1) is 0 Å². The summed E-state index contributed by atoms with van der Waals surface area (Å²) in [6, 6.07) is 0. The van der Waals surface area contributed by atoms with E-state index in [1.165, 1.54) is 0 Å². The highest BCUT2D eigenvalue weighted by Crippen LogP contribution is 1.90. The van der Waals surface area contributed by atoms with Gasteiger partial charge in [-0.25, -0.2) is 9.13 Å². The molecule has 1 rings (SSSR count). The second-order valence-corrected chi connectivity index (χ2v) is 3.16. The van der Waals surface area contributed by atoms with Crippen molar-refractivity contribution in [2.24, 2.45) is 0 Å². The zero-order chi connectivity index (χ0) is 9.68. The second kappa shape index (κ2) is 4.82. The van der Waals surface area contributed by atoms with Crippen molar-refractivity contribution < 1.29 is 9.67 Å². The van der Waals surface area contributed by atoms with Gasteiger partial charge in [-0.2, -0.15) is 0 Å². The Hall–Kier alpha value is -1.09. The van der Waals surface area contributed by atoms with E-state index in [0.717, 1.165) is 13.0 Å². The van der Waals surface area contributed by atoms with E-state index in [4.69, 9.17) is 0 Å². The molecule has 0 aliphatic rings. The molecule has 13 heavy (non-hydrogen) atoms. The first-order valence-corrected chi connectivity index (χ1v) is 4.60. The van der Waals surface area contributed by atoms with Gasteiger partial charge in [-0.3, -0.25) is 0 Å². The lowest BCUT2D eigenvalue weighted by Gasteiger charge is -2.02. The third kappa shape index (κ3) is 3.03. The minimum atomic E-state index is -0.246. The number of aromatic nitrogens is 2. The highest BCUT2D eigenvalue weighted by Gasteiger charge is 2.07. The lowest BCUT2D eigenvalue weighted by atomic mass is 10.3. The summed E-state index contributed by atoms with van der Waals surface area (Å²) in [5, 5.41) is 9.40. The molecule has 0 aliphatic carbocycles. The Morgan fingerprint density at radius 1 is 1.69 bits per heavy atom. The van der Waals surface area contributed by atoms with Gasteiger partial charge in [-0.1, -0.05) is 19.6 Å². The lowest BCUT2D eigenvalue weighted by molar-refractivity contribution is -0.703. The fourth-order valence-electron chi connectivity index (χ4n) is 1.18. The second-order valence-electron chi connectivity index (χ2n) is 3.16. The zero-order valence-electron chi connectivity index (χ0n) is 8.06. The van der Waals surface area contributed by atoms with Crippen molar-refractivity contribution in [2.45, 2.75) is 32.5 Å². The minimum Gasteiger partial charge on any atom is -0.389 e. The number of nitrogens with zero attached hydrogens (tertiary/aromatic N) is 2. The smallest absolute Gasteiger partial charge is 0.244 e. The number of aliphatic hydroxyl groups is 1. The van der Waals surface area contributed by atoms with Crippen LogP contribution in [0.15, 0.2) is 31.4 Å². The Labute approximate surface area is 78.9 Å². The average molecular weight is 181 g/mol. The van der Waals surface area contributed by atoms with Gasteiger partial charge >= 0.3 is 0 Å². The highest BCUT2D eigenvalue weighted by molar-refractivity contribution is 4.74. The van der Waals surface area contributed by atoms with Crippen molar-refractivity contribution in [2.75, 3.05) is 0 Å². The molecule has 0 spiro atoms. The molecule has 1 N–H and O–H groups in total. The number of allylic oxidation sites excluding steroid dienone is 1. The van der Waals surface area contributed by atoms with Crippen molar-refractivity contribution in [3.05, 3.63) is 31.4 Å². The molecular weight excluding hydrogens is 164 g/mol. The molecule has 0 saturated carbocycles. The van der Waals surface area contributed by atoms with Crippen molar-refractivity contribution in [1.29, 1.82) is 0 Å². The average Bonchev–Trinajstić information content (AvgIpc) is 2.53. The predicted molar refractivity (Wildman–Crippen MR) is 51.1 cm³/mol. The van der Waals surface area contributed by atoms with Gasteiger partial charge in [0.15, 0.2) is 0 Å². The number of aliphatic hydroxyl groups excluding tert-OH is 1. The standard InChI is InChI=1S/C10H17N2O/c1-3-5-11-6-7-12(9-11)8-10(13)4-2/h3,6-7,9-10,13H,1,4-5,8H2,2H3/q+1/t10-/m0/s1. The van der Waals surface area contributed by atoms with Gasteiger partial charge in [0.25, 0.3) is 0 Å². The van der Waals surface area contributed by atoms with E-state index in [-0.39, 0.29) is 6.10 Å². The maximum absolute atomic E-state index is 9.40. The van der Waals surface area contributed by atoms with Crippen LogP contribution in [0.4, 0.5) is 0 Å². The van der Waals surface area contributed by atoms with E-state index >= 15 is 0 Å². The molecule has 3 heteroatoms. The molecule has 0 aliphatic heterocycles. The zero-order valence-corrected chi connectivity index (χ0v) is 8.06. The van der Waals surface area contributed by atoms with E-state index in [9.17, 15) is 5.11 Å². The van der Waals surface area contributed by atoms with Gasteiger partial charge in [0.05, 0.1) is 6.10 Å². The molecular formula is C10H17N2O+. The number of hydrogen-bond donors (Lipinski definition) is 1.